The van der Waals surface area contributed by atoms with Gasteiger partial charge in [-0.05, 0) is 24.3 Å². The molecule has 0 aliphatic carbocycles. The number of urea groups is 1. The second-order valence-electron chi connectivity index (χ2n) is 8.41. The van der Waals surface area contributed by atoms with E-state index >= 15 is 0 Å². The van der Waals surface area contributed by atoms with Gasteiger partial charge in [0.05, 0.1) is 24.7 Å². The maximum atomic E-state index is 13.3. The van der Waals surface area contributed by atoms with Crippen LogP contribution in [-0.4, -0.2) is 74.9 Å². The Kier molecular flexibility index (Phi) is 5.95. The minimum Gasteiger partial charge on any atom is -0.493 e. The Balaban J connectivity index is 1.30. The van der Waals surface area contributed by atoms with Gasteiger partial charge in [-0.15, -0.1) is 0 Å². The largest absolute Gasteiger partial charge is 0.493 e. The number of fused-ring (bicyclic) bond motifs is 2. The summed E-state index contributed by atoms with van der Waals surface area (Å²) in [7, 11) is -3.75. The molecule has 3 aliphatic heterocycles. The minimum atomic E-state index is -3.75. The number of imide groups is 1. The van der Waals surface area contributed by atoms with Gasteiger partial charge >= 0.3 is 6.03 Å². The lowest BCUT2D eigenvalue weighted by atomic mass is 9.84. The molecule has 2 N–H and O–H groups in total. The lowest BCUT2D eigenvalue weighted by molar-refractivity contribution is -0.135. The fourth-order valence-electron chi connectivity index (χ4n) is 4.53. The summed E-state index contributed by atoms with van der Waals surface area (Å²) < 4.78 is 38.0. The van der Waals surface area contributed by atoms with Crippen molar-refractivity contribution >= 4 is 33.6 Å². The number of nitrogens with one attached hydrogen (secondary N) is 2. The van der Waals surface area contributed by atoms with E-state index < -0.39 is 40.0 Å². The molecule has 3 heterocycles. The first-order valence-electron chi connectivity index (χ1n) is 11.2. The summed E-state index contributed by atoms with van der Waals surface area (Å²) >= 11 is 0. The van der Waals surface area contributed by atoms with E-state index in [9.17, 15) is 22.8 Å². The van der Waals surface area contributed by atoms with Gasteiger partial charge in [0.2, 0.25) is 15.9 Å². The smallest absolute Gasteiger partial charge is 0.325 e. The normalized spacial score (nSPS) is 22.5. The number of hydrogen-bond acceptors (Lipinski definition) is 7. The number of rotatable bonds is 5. The standard InChI is InChI=1S/C23H24N4O7S/c28-20(24-16-4-3-5-17(14-16)35(31,32)26-9-12-33-13-10-26)15-27-21(29)23(25-22(27)30)8-11-34-19-7-2-1-6-18(19)23/h1-7,14H,8-13,15H2,(H,24,28)(H,25,30)/t23-/m0/s1. The van der Waals surface area contributed by atoms with E-state index in [2.05, 4.69) is 10.6 Å². The SMILES string of the molecule is O=C(CN1C(=O)N[C@]2(CCOc3ccccc32)C1=O)Nc1cccc(S(=O)(=O)N2CCOCC2)c1. The second-order valence-corrected chi connectivity index (χ2v) is 10.4. The Hall–Kier alpha value is -3.48. The maximum Gasteiger partial charge on any atom is 0.325 e. The molecule has 1 atom stereocenters. The van der Waals surface area contributed by atoms with Crippen molar-refractivity contribution in [3.63, 3.8) is 0 Å². The molecule has 1 spiro atoms. The van der Waals surface area contributed by atoms with Gasteiger partial charge < -0.3 is 20.1 Å². The Bertz CT molecular complexity index is 1290. The molecule has 0 bridgehead atoms. The van der Waals surface area contributed by atoms with Crippen molar-refractivity contribution in [2.45, 2.75) is 16.9 Å². The van der Waals surface area contributed by atoms with Crippen molar-refractivity contribution in [1.82, 2.24) is 14.5 Å². The zero-order valence-electron chi connectivity index (χ0n) is 18.7. The average Bonchev–Trinajstić information content (AvgIpc) is 3.09. The van der Waals surface area contributed by atoms with Gasteiger partial charge in [0, 0.05) is 30.8 Å². The van der Waals surface area contributed by atoms with Crippen LogP contribution < -0.4 is 15.4 Å². The highest BCUT2D eigenvalue weighted by Crippen LogP contribution is 2.40. The van der Waals surface area contributed by atoms with Crippen LogP contribution in [0.4, 0.5) is 10.5 Å². The quantitative estimate of drug-likeness (QED) is 0.582. The fraction of sp³-hybridized carbons (Fsp3) is 0.348. The van der Waals surface area contributed by atoms with Crippen molar-refractivity contribution in [3.05, 3.63) is 54.1 Å². The molecule has 0 radical (unpaired) electrons. The second kappa shape index (κ2) is 8.95. The highest BCUT2D eigenvalue weighted by Gasteiger charge is 2.55. The average molecular weight is 501 g/mol. The van der Waals surface area contributed by atoms with Crippen molar-refractivity contribution in [2.75, 3.05) is 44.8 Å². The Morgan fingerprint density at radius 3 is 2.63 bits per heavy atom. The Labute approximate surface area is 202 Å². The van der Waals surface area contributed by atoms with Gasteiger partial charge in [0.15, 0.2) is 5.54 Å². The van der Waals surface area contributed by atoms with Crippen LogP contribution in [0.1, 0.15) is 12.0 Å². The van der Waals surface area contributed by atoms with E-state index in [-0.39, 0.29) is 36.7 Å². The van der Waals surface area contributed by atoms with Crippen LogP contribution in [-0.2, 0) is 29.9 Å². The molecule has 0 unspecified atom stereocenters. The highest BCUT2D eigenvalue weighted by atomic mass is 32.2. The molecule has 2 saturated heterocycles. The summed E-state index contributed by atoms with van der Waals surface area (Å²) in [6.45, 7) is 0.866. The van der Waals surface area contributed by atoms with Gasteiger partial charge in [-0.1, -0.05) is 24.3 Å². The zero-order chi connectivity index (χ0) is 24.6. The summed E-state index contributed by atoms with van der Waals surface area (Å²) in [5.41, 5.74) is -0.491. The predicted molar refractivity (Wildman–Crippen MR) is 123 cm³/mol. The Morgan fingerprint density at radius 2 is 1.83 bits per heavy atom. The van der Waals surface area contributed by atoms with Crippen LogP contribution in [0.15, 0.2) is 53.4 Å². The van der Waals surface area contributed by atoms with E-state index in [0.717, 1.165) is 4.90 Å². The number of benzene rings is 2. The lowest BCUT2D eigenvalue weighted by Crippen LogP contribution is -2.48. The van der Waals surface area contributed by atoms with E-state index in [1.165, 1.54) is 22.5 Å². The number of hydrogen-bond donors (Lipinski definition) is 2. The van der Waals surface area contributed by atoms with Gasteiger partial charge in [-0.2, -0.15) is 4.31 Å². The molecule has 35 heavy (non-hydrogen) atoms. The molecule has 2 fully saturated rings. The number of para-hydroxylation sites is 1. The zero-order valence-corrected chi connectivity index (χ0v) is 19.5. The molecular formula is C23H24N4O7S. The van der Waals surface area contributed by atoms with Crippen LogP contribution in [0, 0.1) is 0 Å². The molecular weight excluding hydrogens is 476 g/mol. The summed E-state index contributed by atoms with van der Waals surface area (Å²) in [4.78, 5) is 39.7. The molecule has 12 heteroatoms. The van der Waals surface area contributed by atoms with Crippen LogP contribution in [0.5, 0.6) is 5.75 Å². The van der Waals surface area contributed by atoms with Crippen molar-refractivity contribution in [1.29, 1.82) is 0 Å². The van der Waals surface area contributed by atoms with Crippen LogP contribution in [0.3, 0.4) is 0 Å². The molecule has 2 aromatic carbocycles. The van der Waals surface area contributed by atoms with Crippen LogP contribution >= 0.6 is 0 Å². The van der Waals surface area contributed by atoms with Gasteiger partial charge in [-0.3, -0.25) is 14.5 Å². The number of anilines is 1. The molecule has 3 aliphatic rings. The summed E-state index contributed by atoms with van der Waals surface area (Å²) in [5, 5.41) is 5.33. The molecule has 0 aromatic heterocycles. The Morgan fingerprint density at radius 1 is 1.06 bits per heavy atom. The van der Waals surface area contributed by atoms with Gasteiger partial charge in [-0.25, -0.2) is 13.2 Å². The molecule has 11 nitrogen and oxygen atoms in total. The monoisotopic (exact) mass is 500 g/mol. The molecule has 0 saturated carbocycles. The highest BCUT2D eigenvalue weighted by molar-refractivity contribution is 7.89. The van der Waals surface area contributed by atoms with E-state index in [1.807, 2.05) is 0 Å². The van der Waals surface area contributed by atoms with Crippen LogP contribution in [0.25, 0.3) is 0 Å². The lowest BCUT2D eigenvalue weighted by Gasteiger charge is -2.33. The summed E-state index contributed by atoms with van der Waals surface area (Å²) in [5.74, 6) is -0.652. The number of morpholine rings is 1. The first kappa shape index (κ1) is 23.3. The minimum absolute atomic E-state index is 0.0324. The first-order valence-corrected chi connectivity index (χ1v) is 12.6. The molecule has 5 rings (SSSR count). The van der Waals surface area contributed by atoms with Crippen molar-refractivity contribution in [3.8, 4) is 5.75 Å². The topological polar surface area (TPSA) is 134 Å². The molecule has 4 amide bonds. The van der Waals surface area contributed by atoms with Crippen molar-refractivity contribution in [2.24, 2.45) is 0 Å². The number of ether oxygens (including phenoxy) is 2. The summed E-state index contributed by atoms with van der Waals surface area (Å²) in [6, 6.07) is 12.2. The number of carbonyl (C=O) groups excluding carboxylic acids is 3. The molecule has 184 valence electrons. The third-order valence-electron chi connectivity index (χ3n) is 6.28. The number of nitrogens with zero attached hydrogens (tertiary/aromatic N) is 2. The number of carbonyl (C=O) groups is 3. The predicted octanol–water partition coefficient (Wildman–Crippen LogP) is 0.876. The fourth-order valence-corrected chi connectivity index (χ4v) is 5.98. The van der Waals surface area contributed by atoms with Gasteiger partial charge in [0.1, 0.15) is 12.3 Å². The van der Waals surface area contributed by atoms with E-state index in [1.54, 1.807) is 30.3 Å². The molecule has 2 aromatic rings. The number of amides is 4. The first-order chi connectivity index (χ1) is 16.8. The van der Waals surface area contributed by atoms with Gasteiger partial charge in [0.25, 0.3) is 5.91 Å². The number of sulfonamides is 1. The third kappa shape index (κ3) is 4.13. The third-order valence-corrected chi connectivity index (χ3v) is 8.18. The maximum absolute atomic E-state index is 13.3. The van der Waals surface area contributed by atoms with E-state index in [4.69, 9.17) is 9.47 Å². The summed E-state index contributed by atoms with van der Waals surface area (Å²) in [6.07, 6.45) is 0.244. The van der Waals surface area contributed by atoms with Crippen molar-refractivity contribution < 1.29 is 32.3 Å². The van der Waals surface area contributed by atoms with Crippen LogP contribution in [0.2, 0.25) is 0 Å². The van der Waals surface area contributed by atoms with E-state index in [0.29, 0.717) is 24.5 Å².